The Kier molecular flexibility index (Phi) is 3.04. The molecular formula is C9H14ClNO3. The van der Waals surface area contributed by atoms with E-state index in [9.17, 15) is 9.59 Å². The Morgan fingerprint density at radius 1 is 1.64 bits per heavy atom. The van der Waals surface area contributed by atoms with E-state index in [-0.39, 0.29) is 11.3 Å². The molecule has 1 heterocycles. The van der Waals surface area contributed by atoms with Crippen LogP contribution in [0.5, 0.6) is 0 Å². The summed E-state index contributed by atoms with van der Waals surface area (Å²) in [6.45, 7) is 3.72. The predicted molar refractivity (Wildman–Crippen MR) is 52.1 cm³/mol. The zero-order valence-electron chi connectivity index (χ0n) is 8.54. The Bertz CT molecular complexity index is 265. The van der Waals surface area contributed by atoms with Gasteiger partial charge in [0.1, 0.15) is 5.54 Å². The molecule has 1 atom stereocenters. The Hall–Kier alpha value is -0.770. The van der Waals surface area contributed by atoms with Gasteiger partial charge < -0.3 is 9.64 Å². The molecule has 0 N–H and O–H groups in total. The maximum atomic E-state index is 11.5. The average Bonchev–Trinajstić information content (AvgIpc) is 2.44. The van der Waals surface area contributed by atoms with Crippen LogP contribution in [0.2, 0.25) is 0 Å². The SMILES string of the molecule is COC(=O)C(C)(C)N1CC(Cl)CC1=O. The molecule has 0 saturated carbocycles. The third-order valence-corrected chi connectivity index (χ3v) is 2.73. The van der Waals surface area contributed by atoms with Crippen LogP contribution in [0.3, 0.4) is 0 Å². The highest BCUT2D eigenvalue weighted by Gasteiger charge is 2.43. The molecule has 0 aromatic rings. The van der Waals surface area contributed by atoms with Gasteiger partial charge in [-0.25, -0.2) is 4.79 Å². The number of halogens is 1. The number of carbonyl (C=O) groups is 2. The molecule has 1 rings (SSSR count). The van der Waals surface area contributed by atoms with Crippen molar-refractivity contribution in [3.63, 3.8) is 0 Å². The van der Waals surface area contributed by atoms with Crippen molar-refractivity contribution in [3.05, 3.63) is 0 Å². The van der Waals surface area contributed by atoms with Crippen LogP contribution in [0.15, 0.2) is 0 Å². The van der Waals surface area contributed by atoms with Crippen LogP contribution in [0.1, 0.15) is 20.3 Å². The van der Waals surface area contributed by atoms with Crippen molar-refractivity contribution < 1.29 is 14.3 Å². The summed E-state index contributed by atoms with van der Waals surface area (Å²) < 4.78 is 4.64. The number of nitrogens with zero attached hydrogens (tertiary/aromatic N) is 1. The largest absolute Gasteiger partial charge is 0.467 e. The van der Waals surface area contributed by atoms with Gasteiger partial charge in [0.2, 0.25) is 5.91 Å². The van der Waals surface area contributed by atoms with E-state index < -0.39 is 11.5 Å². The standard InChI is InChI=1S/C9H14ClNO3/c1-9(2,8(13)14-3)11-5-6(10)4-7(11)12/h6H,4-5H2,1-3H3. The van der Waals surface area contributed by atoms with Gasteiger partial charge in [0.15, 0.2) is 0 Å². The first-order valence-corrected chi connectivity index (χ1v) is 4.86. The van der Waals surface area contributed by atoms with Crippen molar-refractivity contribution in [2.24, 2.45) is 0 Å². The zero-order chi connectivity index (χ0) is 10.9. The van der Waals surface area contributed by atoms with Crippen LogP contribution in [0, 0.1) is 0 Å². The van der Waals surface area contributed by atoms with E-state index in [0.717, 1.165) is 0 Å². The first kappa shape index (κ1) is 11.3. The Morgan fingerprint density at radius 2 is 2.21 bits per heavy atom. The van der Waals surface area contributed by atoms with Crippen molar-refractivity contribution in [2.75, 3.05) is 13.7 Å². The van der Waals surface area contributed by atoms with E-state index >= 15 is 0 Å². The second kappa shape index (κ2) is 3.77. The van der Waals surface area contributed by atoms with Crippen molar-refractivity contribution in [3.8, 4) is 0 Å². The lowest BCUT2D eigenvalue weighted by atomic mass is 10.0. The molecule has 0 spiro atoms. The molecule has 1 saturated heterocycles. The molecule has 0 bridgehead atoms. The number of hydrogen-bond donors (Lipinski definition) is 0. The van der Waals surface area contributed by atoms with E-state index in [1.165, 1.54) is 12.0 Å². The number of rotatable bonds is 2. The number of amides is 1. The van der Waals surface area contributed by atoms with Gasteiger partial charge in [-0.1, -0.05) is 0 Å². The van der Waals surface area contributed by atoms with Crippen LogP contribution in [-0.4, -0.2) is 41.3 Å². The highest BCUT2D eigenvalue weighted by Crippen LogP contribution is 2.25. The van der Waals surface area contributed by atoms with Crippen molar-refractivity contribution in [1.82, 2.24) is 4.90 Å². The van der Waals surface area contributed by atoms with Crippen molar-refractivity contribution in [2.45, 2.75) is 31.2 Å². The molecule has 14 heavy (non-hydrogen) atoms. The fourth-order valence-corrected chi connectivity index (χ4v) is 1.83. The summed E-state index contributed by atoms with van der Waals surface area (Å²) in [4.78, 5) is 24.4. The summed E-state index contributed by atoms with van der Waals surface area (Å²) in [6, 6.07) is 0. The van der Waals surface area contributed by atoms with E-state index in [2.05, 4.69) is 4.74 Å². The summed E-state index contributed by atoms with van der Waals surface area (Å²) in [5.41, 5.74) is -0.921. The summed E-state index contributed by atoms with van der Waals surface area (Å²) >= 11 is 5.84. The second-order valence-electron chi connectivity index (χ2n) is 3.86. The molecule has 4 nitrogen and oxygen atoms in total. The van der Waals surface area contributed by atoms with Gasteiger partial charge >= 0.3 is 5.97 Å². The Labute approximate surface area is 88.2 Å². The van der Waals surface area contributed by atoms with Crippen LogP contribution in [0.4, 0.5) is 0 Å². The maximum Gasteiger partial charge on any atom is 0.331 e. The van der Waals surface area contributed by atoms with Gasteiger partial charge in [0.25, 0.3) is 0 Å². The number of alkyl halides is 1. The Morgan fingerprint density at radius 3 is 2.57 bits per heavy atom. The molecule has 1 fully saturated rings. The molecule has 0 aromatic heterocycles. The highest BCUT2D eigenvalue weighted by molar-refractivity contribution is 6.22. The smallest absolute Gasteiger partial charge is 0.331 e. The van der Waals surface area contributed by atoms with Gasteiger partial charge in [0.05, 0.1) is 12.5 Å². The number of hydrogen-bond acceptors (Lipinski definition) is 3. The summed E-state index contributed by atoms with van der Waals surface area (Å²) in [5, 5.41) is -0.202. The van der Waals surface area contributed by atoms with E-state index in [1.807, 2.05) is 0 Å². The van der Waals surface area contributed by atoms with Gasteiger partial charge in [-0.15, -0.1) is 11.6 Å². The monoisotopic (exact) mass is 219 g/mol. The fraction of sp³-hybridized carbons (Fsp3) is 0.778. The summed E-state index contributed by atoms with van der Waals surface area (Å²) in [7, 11) is 1.31. The lowest BCUT2D eigenvalue weighted by Gasteiger charge is -2.32. The lowest BCUT2D eigenvalue weighted by Crippen LogP contribution is -2.51. The molecule has 0 aromatic carbocycles. The van der Waals surface area contributed by atoms with Gasteiger partial charge in [-0.2, -0.15) is 0 Å². The van der Waals surface area contributed by atoms with Gasteiger partial charge in [0, 0.05) is 13.0 Å². The second-order valence-corrected chi connectivity index (χ2v) is 4.47. The quantitative estimate of drug-likeness (QED) is 0.509. The van der Waals surface area contributed by atoms with Crippen LogP contribution in [0.25, 0.3) is 0 Å². The minimum atomic E-state index is -0.921. The molecule has 5 heteroatoms. The normalized spacial score (nSPS) is 22.7. The van der Waals surface area contributed by atoms with Crippen LogP contribution < -0.4 is 0 Å². The number of ether oxygens (including phenoxy) is 1. The molecule has 1 unspecified atom stereocenters. The van der Waals surface area contributed by atoms with Crippen LogP contribution in [-0.2, 0) is 14.3 Å². The first-order chi connectivity index (χ1) is 6.39. The summed E-state index contributed by atoms with van der Waals surface area (Å²) in [6.07, 6.45) is 0.294. The molecule has 1 amide bonds. The van der Waals surface area contributed by atoms with Gasteiger partial charge in [-0.3, -0.25) is 4.79 Å². The first-order valence-electron chi connectivity index (χ1n) is 4.42. The fourth-order valence-electron chi connectivity index (χ4n) is 1.56. The molecule has 80 valence electrons. The molecule has 0 aliphatic carbocycles. The van der Waals surface area contributed by atoms with Crippen molar-refractivity contribution in [1.29, 1.82) is 0 Å². The van der Waals surface area contributed by atoms with Crippen LogP contribution >= 0.6 is 11.6 Å². The minimum absolute atomic E-state index is 0.0969. The number of esters is 1. The number of carbonyl (C=O) groups excluding carboxylic acids is 2. The molecule has 1 aliphatic rings. The van der Waals surface area contributed by atoms with E-state index in [0.29, 0.717) is 13.0 Å². The maximum absolute atomic E-state index is 11.5. The van der Waals surface area contributed by atoms with Gasteiger partial charge in [-0.05, 0) is 13.8 Å². The topological polar surface area (TPSA) is 46.6 Å². The number of likely N-dealkylation sites (tertiary alicyclic amines) is 1. The van der Waals surface area contributed by atoms with Crippen molar-refractivity contribution >= 4 is 23.5 Å². The van der Waals surface area contributed by atoms with E-state index in [1.54, 1.807) is 13.8 Å². The Balaban J connectivity index is 2.82. The molecular weight excluding hydrogens is 206 g/mol. The molecule has 0 radical (unpaired) electrons. The van der Waals surface area contributed by atoms with E-state index in [4.69, 9.17) is 11.6 Å². The zero-order valence-corrected chi connectivity index (χ0v) is 9.30. The third kappa shape index (κ3) is 1.85. The average molecular weight is 220 g/mol. The lowest BCUT2D eigenvalue weighted by molar-refractivity contribution is -0.157. The minimum Gasteiger partial charge on any atom is -0.467 e. The summed E-state index contributed by atoms with van der Waals surface area (Å²) in [5.74, 6) is -0.517. The highest BCUT2D eigenvalue weighted by atomic mass is 35.5. The third-order valence-electron chi connectivity index (χ3n) is 2.44. The predicted octanol–water partition coefficient (Wildman–Crippen LogP) is 0.778. The molecule has 1 aliphatic heterocycles. The number of methoxy groups -OCH3 is 1.